The van der Waals surface area contributed by atoms with Gasteiger partial charge >= 0.3 is 0 Å². The average Bonchev–Trinajstić information content (AvgIpc) is 2.88. The van der Waals surface area contributed by atoms with Crippen LogP contribution in [-0.4, -0.2) is 35.2 Å². The van der Waals surface area contributed by atoms with Gasteiger partial charge in [-0.2, -0.15) is 4.31 Å². The fraction of sp³-hybridized carbons (Fsp3) is 0.545. The molecule has 104 valence electrons. The molecule has 1 aliphatic heterocycles. The van der Waals surface area contributed by atoms with E-state index in [1.54, 1.807) is 16.0 Å². The normalized spacial score (nSPS) is 19.2. The van der Waals surface area contributed by atoms with Gasteiger partial charge in [-0.15, -0.1) is 11.3 Å². The van der Waals surface area contributed by atoms with Crippen LogP contribution in [0.2, 0.25) is 0 Å². The summed E-state index contributed by atoms with van der Waals surface area (Å²) in [6, 6.07) is 0. The highest BCUT2D eigenvalue weighted by Gasteiger charge is 2.33. The number of hydrogen-bond donors (Lipinski definition) is 1. The maximum Gasteiger partial charge on any atom is 0.262 e. The zero-order chi connectivity index (χ0) is 13.6. The molecule has 3 heterocycles. The molecule has 8 heteroatoms. The minimum absolute atomic E-state index is 0.0884. The second kappa shape index (κ2) is 4.46. The lowest BCUT2D eigenvalue weighted by Crippen LogP contribution is -2.38. The largest absolute Gasteiger partial charge is 0.381 e. The molecule has 0 bridgehead atoms. The summed E-state index contributed by atoms with van der Waals surface area (Å²) in [5.74, 6) is 0.667. The Bertz CT molecular complexity index is 695. The highest BCUT2D eigenvalue weighted by atomic mass is 32.2. The van der Waals surface area contributed by atoms with Crippen LogP contribution < -0.4 is 5.73 Å². The number of fused-ring (bicyclic) bond motifs is 1. The Morgan fingerprint density at radius 1 is 1.42 bits per heavy atom. The van der Waals surface area contributed by atoms with E-state index in [1.165, 1.54) is 15.6 Å². The fourth-order valence-electron chi connectivity index (χ4n) is 2.39. The predicted molar refractivity (Wildman–Crippen MR) is 74.6 cm³/mol. The van der Waals surface area contributed by atoms with E-state index in [-0.39, 0.29) is 10.8 Å². The van der Waals surface area contributed by atoms with Crippen LogP contribution in [-0.2, 0) is 10.0 Å². The van der Waals surface area contributed by atoms with Crippen molar-refractivity contribution in [3.63, 3.8) is 0 Å². The number of nitrogens with zero attached hydrogens (tertiary/aromatic N) is 3. The van der Waals surface area contributed by atoms with Crippen molar-refractivity contribution in [3.05, 3.63) is 11.6 Å². The Labute approximate surface area is 115 Å². The van der Waals surface area contributed by atoms with Gasteiger partial charge in [-0.3, -0.25) is 4.40 Å². The van der Waals surface area contributed by atoms with Gasteiger partial charge in [-0.05, 0) is 18.8 Å². The first-order valence-corrected chi connectivity index (χ1v) is 8.53. The number of anilines is 1. The van der Waals surface area contributed by atoms with Crippen LogP contribution >= 0.6 is 11.3 Å². The van der Waals surface area contributed by atoms with E-state index in [1.807, 2.05) is 0 Å². The second-order valence-corrected chi connectivity index (χ2v) is 7.67. The van der Waals surface area contributed by atoms with E-state index in [2.05, 4.69) is 11.9 Å². The lowest BCUT2D eigenvalue weighted by Gasteiger charge is -2.29. The van der Waals surface area contributed by atoms with Gasteiger partial charge in [0.05, 0.1) is 0 Å². The molecule has 0 radical (unpaired) electrons. The third-order valence-electron chi connectivity index (χ3n) is 3.57. The van der Waals surface area contributed by atoms with E-state index in [4.69, 9.17) is 5.73 Å². The van der Waals surface area contributed by atoms with Crippen molar-refractivity contribution >= 4 is 32.1 Å². The molecular weight excluding hydrogens is 284 g/mol. The van der Waals surface area contributed by atoms with Gasteiger partial charge in [0.1, 0.15) is 0 Å². The van der Waals surface area contributed by atoms with Gasteiger partial charge in [0, 0.05) is 24.7 Å². The van der Waals surface area contributed by atoms with Crippen molar-refractivity contribution in [2.75, 3.05) is 18.8 Å². The zero-order valence-electron chi connectivity index (χ0n) is 10.6. The highest BCUT2D eigenvalue weighted by molar-refractivity contribution is 7.89. The number of sulfonamides is 1. The van der Waals surface area contributed by atoms with Crippen LogP contribution in [0.15, 0.2) is 16.6 Å². The summed E-state index contributed by atoms with van der Waals surface area (Å²) in [4.78, 5) is 4.72. The Morgan fingerprint density at radius 3 is 2.79 bits per heavy atom. The summed E-state index contributed by atoms with van der Waals surface area (Å²) < 4.78 is 28.4. The minimum atomic E-state index is -3.55. The fourth-order valence-corrected chi connectivity index (χ4v) is 4.81. The molecule has 0 amide bonds. The van der Waals surface area contributed by atoms with E-state index in [9.17, 15) is 8.42 Å². The SMILES string of the molecule is CC1CCN(S(=O)(=O)c2c(N)nc3sccn23)CC1. The Kier molecular flexibility index (Phi) is 3.03. The van der Waals surface area contributed by atoms with E-state index >= 15 is 0 Å². The smallest absolute Gasteiger partial charge is 0.262 e. The van der Waals surface area contributed by atoms with Crippen LogP contribution in [0.5, 0.6) is 0 Å². The van der Waals surface area contributed by atoms with Crippen molar-refractivity contribution in [2.24, 2.45) is 5.92 Å². The second-order valence-electron chi connectivity index (χ2n) is 4.94. The molecule has 1 saturated heterocycles. The summed E-state index contributed by atoms with van der Waals surface area (Å²) in [5.41, 5.74) is 5.79. The molecule has 6 nitrogen and oxygen atoms in total. The summed E-state index contributed by atoms with van der Waals surface area (Å²) in [6.45, 7) is 3.26. The first kappa shape index (κ1) is 12.9. The first-order valence-electron chi connectivity index (χ1n) is 6.21. The van der Waals surface area contributed by atoms with Gasteiger partial charge in [0.25, 0.3) is 10.0 Å². The van der Waals surface area contributed by atoms with Gasteiger partial charge in [0.15, 0.2) is 15.8 Å². The average molecular weight is 300 g/mol. The third-order valence-corrected chi connectivity index (χ3v) is 6.27. The zero-order valence-corrected chi connectivity index (χ0v) is 12.2. The molecular formula is C11H16N4O2S2. The quantitative estimate of drug-likeness (QED) is 0.909. The molecule has 0 saturated carbocycles. The number of nitrogens with two attached hydrogens (primary N) is 1. The van der Waals surface area contributed by atoms with Crippen molar-refractivity contribution in [3.8, 4) is 0 Å². The molecule has 1 aliphatic rings. The maximum atomic E-state index is 12.7. The first-order chi connectivity index (χ1) is 9.00. The van der Waals surface area contributed by atoms with Crippen molar-refractivity contribution < 1.29 is 8.42 Å². The molecule has 0 unspecified atom stereocenters. The van der Waals surface area contributed by atoms with Gasteiger partial charge in [-0.1, -0.05) is 6.92 Å². The number of rotatable bonds is 2. The number of piperidine rings is 1. The molecule has 0 spiro atoms. The number of nitrogen functional groups attached to an aromatic ring is 1. The Hall–Kier alpha value is -1.12. The molecule has 2 N–H and O–H groups in total. The molecule has 0 atom stereocenters. The maximum absolute atomic E-state index is 12.7. The highest BCUT2D eigenvalue weighted by Crippen LogP contribution is 2.28. The predicted octanol–water partition coefficient (Wildman–Crippen LogP) is 1.40. The van der Waals surface area contributed by atoms with Gasteiger partial charge in [-0.25, -0.2) is 13.4 Å². The van der Waals surface area contributed by atoms with E-state index < -0.39 is 10.0 Å². The topological polar surface area (TPSA) is 80.7 Å². The van der Waals surface area contributed by atoms with E-state index in [0.717, 1.165) is 12.8 Å². The molecule has 0 aliphatic carbocycles. The molecule has 3 rings (SSSR count). The monoisotopic (exact) mass is 300 g/mol. The minimum Gasteiger partial charge on any atom is -0.381 e. The summed E-state index contributed by atoms with van der Waals surface area (Å²) in [5, 5.41) is 1.91. The molecule has 0 aromatic carbocycles. The molecule has 2 aromatic heterocycles. The Balaban J connectivity index is 2.04. The lowest BCUT2D eigenvalue weighted by molar-refractivity contribution is 0.287. The van der Waals surface area contributed by atoms with Crippen molar-refractivity contribution in [2.45, 2.75) is 24.8 Å². The van der Waals surface area contributed by atoms with Crippen molar-refractivity contribution in [1.29, 1.82) is 0 Å². The van der Waals surface area contributed by atoms with Crippen LogP contribution in [0, 0.1) is 5.92 Å². The Morgan fingerprint density at radius 2 is 2.11 bits per heavy atom. The number of hydrogen-bond acceptors (Lipinski definition) is 5. The molecule has 1 fully saturated rings. The van der Waals surface area contributed by atoms with Gasteiger partial charge < -0.3 is 5.73 Å². The van der Waals surface area contributed by atoms with Crippen LogP contribution in [0.25, 0.3) is 4.96 Å². The van der Waals surface area contributed by atoms with Crippen LogP contribution in [0.1, 0.15) is 19.8 Å². The summed E-state index contributed by atoms with van der Waals surface area (Å²) in [6.07, 6.45) is 3.48. The standard InChI is InChI=1S/C11H16N4O2S2/c1-8-2-4-14(5-3-8)19(16,17)10-9(12)13-11-15(10)6-7-18-11/h6-8H,2-5,12H2,1H3. The number of thiazole rings is 1. The van der Waals surface area contributed by atoms with E-state index in [0.29, 0.717) is 24.0 Å². The molecule has 2 aromatic rings. The lowest BCUT2D eigenvalue weighted by atomic mass is 10.0. The van der Waals surface area contributed by atoms with Crippen LogP contribution in [0.4, 0.5) is 5.82 Å². The molecule has 19 heavy (non-hydrogen) atoms. The van der Waals surface area contributed by atoms with Crippen LogP contribution in [0.3, 0.4) is 0 Å². The third kappa shape index (κ3) is 2.03. The van der Waals surface area contributed by atoms with Gasteiger partial charge in [0.2, 0.25) is 0 Å². The summed E-state index contributed by atoms with van der Waals surface area (Å²) in [7, 11) is -3.55. The number of imidazole rings is 1. The number of aromatic nitrogens is 2. The summed E-state index contributed by atoms with van der Waals surface area (Å²) >= 11 is 1.37. The van der Waals surface area contributed by atoms with Crippen molar-refractivity contribution in [1.82, 2.24) is 13.7 Å².